The van der Waals surface area contributed by atoms with Crippen molar-refractivity contribution >= 4 is 5.78 Å². The minimum Gasteiger partial charge on any atom is -0.370 e. The van der Waals surface area contributed by atoms with Gasteiger partial charge in [-0.3, -0.25) is 4.79 Å². The summed E-state index contributed by atoms with van der Waals surface area (Å²) >= 11 is 0. The minimum atomic E-state index is 0.190. The second-order valence-corrected chi connectivity index (χ2v) is 6.68. The Morgan fingerprint density at radius 1 is 1.40 bits per heavy atom. The van der Waals surface area contributed by atoms with Gasteiger partial charge in [0, 0.05) is 5.92 Å². The molecule has 2 heteroatoms. The van der Waals surface area contributed by atoms with E-state index in [0.29, 0.717) is 17.8 Å². The summed E-state index contributed by atoms with van der Waals surface area (Å²) in [5.41, 5.74) is 1.28. The molecule has 0 bridgehead atoms. The third-order valence-electron chi connectivity index (χ3n) is 4.55. The number of unbranched alkanes of at least 4 members (excludes halogenated alkanes) is 1. The van der Waals surface area contributed by atoms with E-state index in [1.165, 1.54) is 24.8 Å². The van der Waals surface area contributed by atoms with Crippen LogP contribution in [0.1, 0.15) is 72.6 Å². The van der Waals surface area contributed by atoms with Gasteiger partial charge in [0.2, 0.25) is 0 Å². The van der Waals surface area contributed by atoms with Crippen LogP contribution in [-0.4, -0.2) is 18.0 Å². The Hall–Kier alpha value is -0.630. The first kappa shape index (κ1) is 17.4. The van der Waals surface area contributed by atoms with Crippen molar-refractivity contribution in [3.63, 3.8) is 0 Å². The normalized spacial score (nSPS) is 25.7. The zero-order valence-electron chi connectivity index (χ0n) is 13.8. The highest BCUT2D eigenvalue weighted by Crippen LogP contribution is 2.31. The Bertz CT molecular complexity index is 321. The zero-order valence-corrected chi connectivity index (χ0v) is 13.8. The third-order valence-corrected chi connectivity index (χ3v) is 4.55. The fourth-order valence-corrected chi connectivity index (χ4v) is 3.00. The van der Waals surface area contributed by atoms with Gasteiger partial charge < -0.3 is 4.74 Å². The van der Waals surface area contributed by atoms with E-state index in [-0.39, 0.29) is 12.0 Å². The molecule has 0 radical (unpaired) electrons. The van der Waals surface area contributed by atoms with Crippen molar-refractivity contribution < 1.29 is 9.53 Å². The van der Waals surface area contributed by atoms with Gasteiger partial charge in [-0.15, -0.1) is 0 Å². The van der Waals surface area contributed by atoms with Gasteiger partial charge in [0.1, 0.15) is 5.78 Å². The lowest BCUT2D eigenvalue weighted by molar-refractivity contribution is -0.120. The lowest BCUT2D eigenvalue weighted by Crippen LogP contribution is -2.15. The van der Waals surface area contributed by atoms with Gasteiger partial charge in [0.15, 0.2) is 0 Å². The summed E-state index contributed by atoms with van der Waals surface area (Å²) in [6.45, 7) is 12.4. The van der Waals surface area contributed by atoms with Gasteiger partial charge in [0.05, 0.1) is 12.2 Å². The molecule has 4 atom stereocenters. The summed E-state index contributed by atoms with van der Waals surface area (Å²) in [7, 11) is 0. The summed E-state index contributed by atoms with van der Waals surface area (Å²) < 4.78 is 6.11. The van der Waals surface area contributed by atoms with E-state index in [2.05, 4.69) is 20.4 Å². The molecule has 0 aliphatic carbocycles. The van der Waals surface area contributed by atoms with Crippen molar-refractivity contribution in [2.24, 2.45) is 11.8 Å². The van der Waals surface area contributed by atoms with E-state index in [4.69, 9.17) is 4.74 Å². The van der Waals surface area contributed by atoms with Crippen molar-refractivity contribution in [2.45, 2.75) is 84.8 Å². The highest BCUT2D eigenvalue weighted by atomic mass is 16.5. The molecule has 20 heavy (non-hydrogen) atoms. The fourth-order valence-electron chi connectivity index (χ4n) is 3.00. The molecule has 0 saturated carbocycles. The average molecular weight is 280 g/mol. The minimum absolute atomic E-state index is 0.190. The van der Waals surface area contributed by atoms with E-state index in [1.807, 2.05) is 6.92 Å². The molecular formula is C18H32O2. The van der Waals surface area contributed by atoms with Crippen molar-refractivity contribution in [3.8, 4) is 0 Å². The Labute approximate surface area is 125 Å². The summed E-state index contributed by atoms with van der Waals surface area (Å²) in [6, 6.07) is 0. The molecule has 1 fully saturated rings. The molecule has 0 amide bonds. The van der Waals surface area contributed by atoms with Crippen LogP contribution >= 0.6 is 0 Å². The van der Waals surface area contributed by atoms with Crippen molar-refractivity contribution in [1.82, 2.24) is 0 Å². The number of ketones is 1. The van der Waals surface area contributed by atoms with Gasteiger partial charge in [0.25, 0.3) is 0 Å². The molecule has 0 spiro atoms. The molecule has 1 aliphatic heterocycles. The summed E-state index contributed by atoms with van der Waals surface area (Å²) in [5.74, 6) is 1.08. The van der Waals surface area contributed by atoms with E-state index in [1.54, 1.807) is 6.92 Å². The first-order valence-corrected chi connectivity index (χ1v) is 8.27. The first-order valence-electron chi connectivity index (χ1n) is 8.27. The largest absolute Gasteiger partial charge is 0.370 e. The zero-order chi connectivity index (χ0) is 15.1. The lowest BCUT2D eigenvalue weighted by Gasteiger charge is -2.18. The lowest BCUT2D eigenvalue weighted by atomic mass is 9.90. The Kier molecular flexibility index (Phi) is 7.50. The predicted octanol–water partition coefficient (Wildman–Crippen LogP) is 4.92. The third kappa shape index (κ3) is 5.78. The van der Waals surface area contributed by atoms with Gasteiger partial charge >= 0.3 is 0 Å². The molecule has 1 heterocycles. The van der Waals surface area contributed by atoms with Crippen LogP contribution in [0.3, 0.4) is 0 Å². The number of hydrogen-bond acceptors (Lipinski definition) is 2. The smallest absolute Gasteiger partial charge is 0.132 e. The number of ether oxygens (including phenoxy) is 1. The van der Waals surface area contributed by atoms with Crippen molar-refractivity contribution in [2.75, 3.05) is 0 Å². The summed E-state index contributed by atoms with van der Waals surface area (Å²) in [6.07, 6.45) is 8.54. The monoisotopic (exact) mass is 280 g/mol. The van der Waals surface area contributed by atoms with E-state index in [9.17, 15) is 4.79 Å². The molecule has 0 N–H and O–H groups in total. The Balaban J connectivity index is 2.27. The standard InChI is InChI=1S/C18H32O2/c1-6-7-8-17-12-15(4)18(20-17)10-9-13(2)11-14(3)16(5)19/h13-14,17-18H,4,6-12H2,1-3,5H3/t13-,14-,17+,18?/m1/s1. The molecule has 116 valence electrons. The quantitative estimate of drug-likeness (QED) is 0.560. The topological polar surface area (TPSA) is 26.3 Å². The van der Waals surface area contributed by atoms with Crippen LogP contribution in [0.25, 0.3) is 0 Å². The van der Waals surface area contributed by atoms with Gasteiger partial charge in [-0.05, 0) is 50.5 Å². The van der Waals surface area contributed by atoms with Gasteiger partial charge in [-0.25, -0.2) is 0 Å². The Morgan fingerprint density at radius 2 is 2.10 bits per heavy atom. The van der Waals surface area contributed by atoms with Crippen LogP contribution in [0.2, 0.25) is 0 Å². The maximum atomic E-state index is 11.3. The number of carbonyl (C=O) groups excluding carboxylic acids is 1. The summed E-state index contributed by atoms with van der Waals surface area (Å²) in [5, 5.41) is 0. The number of rotatable bonds is 9. The van der Waals surface area contributed by atoms with Crippen LogP contribution in [0, 0.1) is 11.8 Å². The Morgan fingerprint density at radius 3 is 2.70 bits per heavy atom. The molecule has 0 aromatic rings. The van der Waals surface area contributed by atoms with Crippen LogP contribution in [0.4, 0.5) is 0 Å². The van der Waals surface area contributed by atoms with Crippen molar-refractivity contribution in [3.05, 3.63) is 12.2 Å². The van der Waals surface area contributed by atoms with Crippen LogP contribution in [0.15, 0.2) is 12.2 Å². The first-order chi connectivity index (χ1) is 9.43. The molecule has 0 aromatic heterocycles. The molecule has 0 aromatic carbocycles. The number of carbonyl (C=O) groups is 1. The highest BCUT2D eigenvalue weighted by molar-refractivity contribution is 5.77. The second-order valence-electron chi connectivity index (χ2n) is 6.68. The molecule has 1 unspecified atom stereocenters. The summed E-state index contributed by atoms with van der Waals surface area (Å²) in [4.78, 5) is 11.3. The maximum absolute atomic E-state index is 11.3. The number of Topliss-reactive ketones (excluding diaryl/α,β-unsaturated/α-hetero) is 1. The van der Waals surface area contributed by atoms with Crippen LogP contribution < -0.4 is 0 Å². The van der Waals surface area contributed by atoms with E-state index >= 15 is 0 Å². The SMILES string of the molecule is C=C1C[C@H](CCCC)OC1CC[C@@H](C)C[C@@H](C)C(C)=O. The van der Waals surface area contributed by atoms with Crippen LogP contribution in [-0.2, 0) is 9.53 Å². The predicted molar refractivity (Wildman–Crippen MR) is 84.8 cm³/mol. The second kappa shape index (κ2) is 8.61. The highest BCUT2D eigenvalue weighted by Gasteiger charge is 2.28. The van der Waals surface area contributed by atoms with E-state index < -0.39 is 0 Å². The van der Waals surface area contributed by atoms with Gasteiger partial charge in [-0.2, -0.15) is 0 Å². The molecule has 1 aliphatic rings. The molecular weight excluding hydrogens is 248 g/mol. The molecule has 1 rings (SSSR count). The maximum Gasteiger partial charge on any atom is 0.132 e. The molecule has 2 nitrogen and oxygen atoms in total. The van der Waals surface area contributed by atoms with E-state index in [0.717, 1.165) is 25.7 Å². The fraction of sp³-hybridized carbons (Fsp3) is 0.833. The average Bonchev–Trinajstić information content (AvgIpc) is 2.74. The molecule has 1 saturated heterocycles. The number of hydrogen-bond donors (Lipinski definition) is 0. The van der Waals surface area contributed by atoms with Crippen molar-refractivity contribution in [1.29, 1.82) is 0 Å². The van der Waals surface area contributed by atoms with Gasteiger partial charge in [-0.1, -0.05) is 40.2 Å². The van der Waals surface area contributed by atoms with Crippen LogP contribution in [0.5, 0.6) is 0 Å².